The Morgan fingerprint density at radius 3 is 2.09 bits per heavy atom. The lowest BCUT2D eigenvalue weighted by atomic mass is 9.85. The van der Waals surface area contributed by atoms with Crippen LogP contribution in [-0.2, 0) is 29.1 Å². The summed E-state index contributed by atoms with van der Waals surface area (Å²) in [6.07, 6.45) is -1.44. The van der Waals surface area contributed by atoms with Gasteiger partial charge in [-0.15, -0.1) is 0 Å². The molecule has 170 valence electrons. The first-order chi connectivity index (χ1) is 16.1. The van der Waals surface area contributed by atoms with E-state index in [1.165, 1.54) is 0 Å². The third kappa shape index (κ3) is 5.70. The molecule has 2 atom stereocenters. The van der Waals surface area contributed by atoms with E-state index in [1.54, 1.807) is 0 Å². The van der Waals surface area contributed by atoms with E-state index in [-0.39, 0.29) is 13.2 Å². The van der Waals surface area contributed by atoms with Gasteiger partial charge in [0.05, 0.1) is 6.04 Å². The number of aryl methyl sites for hydroxylation is 1. The van der Waals surface area contributed by atoms with Crippen molar-refractivity contribution in [3.05, 3.63) is 107 Å². The monoisotopic (exact) mass is 446 g/mol. The highest BCUT2D eigenvalue weighted by atomic mass is 16.6. The maximum Gasteiger partial charge on any atom is 0.429 e. The van der Waals surface area contributed by atoms with Crippen molar-refractivity contribution in [2.24, 2.45) is 0 Å². The second-order valence-electron chi connectivity index (χ2n) is 7.83. The number of benzene rings is 3. The maximum absolute atomic E-state index is 13.0. The first kappa shape index (κ1) is 22.4. The fourth-order valence-corrected chi connectivity index (χ4v) is 3.90. The molecule has 7 heteroatoms. The van der Waals surface area contributed by atoms with E-state index in [9.17, 15) is 14.7 Å². The number of hydrogen-bond acceptors (Lipinski definition) is 5. The molecule has 0 aliphatic heterocycles. The average Bonchev–Trinajstić information content (AvgIpc) is 2.86. The normalized spacial score (nSPS) is 16.9. The van der Waals surface area contributed by atoms with E-state index >= 15 is 0 Å². The lowest BCUT2D eigenvalue weighted by Crippen LogP contribution is -2.55. The number of hydrogen-bond donors (Lipinski definition) is 2. The molecule has 0 fully saturated rings. The third-order valence-electron chi connectivity index (χ3n) is 5.61. The van der Waals surface area contributed by atoms with Crippen LogP contribution in [0, 0.1) is 0 Å². The van der Waals surface area contributed by atoms with Gasteiger partial charge in [-0.25, -0.2) is 20.0 Å². The number of aliphatic hydroxyl groups excluding tert-OH is 1. The van der Waals surface area contributed by atoms with Crippen LogP contribution in [0.3, 0.4) is 0 Å². The SMILES string of the molecule is O=C(NN(C(=O)OCc1ccccc1)[C@H]1CCc2ccccc2[C@H]1O)OCc1ccccc1. The number of ether oxygens (including phenoxy) is 2. The van der Waals surface area contributed by atoms with Gasteiger partial charge in [0.2, 0.25) is 0 Å². The van der Waals surface area contributed by atoms with Crippen LogP contribution in [-0.4, -0.2) is 28.3 Å². The van der Waals surface area contributed by atoms with Gasteiger partial charge in [-0.2, -0.15) is 0 Å². The van der Waals surface area contributed by atoms with Gasteiger partial charge in [-0.05, 0) is 35.1 Å². The Morgan fingerprint density at radius 1 is 0.848 bits per heavy atom. The average molecular weight is 447 g/mol. The van der Waals surface area contributed by atoms with E-state index in [2.05, 4.69) is 5.43 Å². The van der Waals surface area contributed by atoms with Crippen LogP contribution in [0.2, 0.25) is 0 Å². The van der Waals surface area contributed by atoms with Crippen molar-refractivity contribution >= 4 is 12.2 Å². The van der Waals surface area contributed by atoms with Gasteiger partial charge >= 0.3 is 12.2 Å². The number of nitrogens with zero attached hydrogens (tertiary/aromatic N) is 1. The Labute approximate surface area is 192 Å². The van der Waals surface area contributed by atoms with E-state index in [1.807, 2.05) is 84.9 Å². The zero-order valence-electron chi connectivity index (χ0n) is 18.1. The third-order valence-corrected chi connectivity index (χ3v) is 5.61. The number of nitrogens with one attached hydrogen (secondary N) is 1. The van der Waals surface area contributed by atoms with Gasteiger partial charge in [-0.1, -0.05) is 84.9 Å². The minimum Gasteiger partial charge on any atom is -0.443 e. The van der Waals surface area contributed by atoms with Crippen LogP contribution in [0.5, 0.6) is 0 Å². The van der Waals surface area contributed by atoms with Crippen molar-refractivity contribution < 1.29 is 24.2 Å². The molecule has 0 spiro atoms. The number of carbonyl (C=O) groups is 2. The summed E-state index contributed by atoms with van der Waals surface area (Å²) >= 11 is 0. The Morgan fingerprint density at radius 2 is 1.42 bits per heavy atom. The molecule has 7 nitrogen and oxygen atoms in total. The van der Waals surface area contributed by atoms with E-state index < -0.39 is 24.3 Å². The Balaban J connectivity index is 1.47. The second kappa shape index (κ2) is 10.7. The quantitative estimate of drug-likeness (QED) is 0.563. The van der Waals surface area contributed by atoms with Crippen LogP contribution in [0.25, 0.3) is 0 Å². The van der Waals surface area contributed by atoms with Crippen molar-refractivity contribution in [2.75, 3.05) is 0 Å². The van der Waals surface area contributed by atoms with Crippen molar-refractivity contribution in [3.8, 4) is 0 Å². The summed E-state index contributed by atoms with van der Waals surface area (Å²) in [5.74, 6) is 0. The zero-order valence-corrected chi connectivity index (χ0v) is 18.1. The maximum atomic E-state index is 13.0. The number of aliphatic hydroxyl groups is 1. The van der Waals surface area contributed by atoms with Crippen molar-refractivity contribution in [2.45, 2.75) is 38.2 Å². The van der Waals surface area contributed by atoms with Gasteiger partial charge in [-0.3, -0.25) is 0 Å². The van der Waals surface area contributed by atoms with Crippen molar-refractivity contribution in [1.82, 2.24) is 10.4 Å². The standard InChI is InChI=1S/C26H26N2O5/c29-24-22-14-8-7-13-21(22)15-16-23(24)28(26(31)33-18-20-11-5-2-6-12-20)27-25(30)32-17-19-9-3-1-4-10-19/h1-14,23-24,29H,15-18H2,(H,27,30)/t23-,24+/m0/s1. The molecular formula is C26H26N2O5. The number of fused-ring (bicyclic) bond motifs is 1. The fraction of sp³-hybridized carbons (Fsp3) is 0.231. The van der Waals surface area contributed by atoms with Crippen molar-refractivity contribution in [3.63, 3.8) is 0 Å². The molecule has 2 amide bonds. The molecule has 0 unspecified atom stereocenters. The van der Waals surface area contributed by atoms with Crippen LogP contribution in [0.1, 0.15) is 34.8 Å². The molecule has 0 saturated heterocycles. The molecular weight excluding hydrogens is 420 g/mol. The number of amides is 2. The minimum atomic E-state index is -0.978. The molecule has 2 N–H and O–H groups in total. The minimum absolute atomic E-state index is 0.0380. The van der Waals surface area contributed by atoms with Crippen LogP contribution in [0.15, 0.2) is 84.9 Å². The number of rotatable bonds is 5. The largest absolute Gasteiger partial charge is 0.443 e. The molecule has 3 aromatic carbocycles. The van der Waals surface area contributed by atoms with Crippen molar-refractivity contribution in [1.29, 1.82) is 0 Å². The fourth-order valence-electron chi connectivity index (χ4n) is 3.90. The number of hydrazine groups is 1. The molecule has 0 aromatic heterocycles. The highest BCUT2D eigenvalue weighted by Crippen LogP contribution is 2.32. The summed E-state index contributed by atoms with van der Waals surface area (Å²) in [6.45, 7) is 0.0892. The summed E-state index contributed by atoms with van der Waals surface area (Å²) in [5.41, 5.74) is 5.87. The van der Waals surface area contributed by atoms with E-state index in [0.29, 0.717) is 12.8 Å². The molecule has 1 aliphatic rings. The molecule has 1 aliphatic carbocycles. The summed E-state index contributed by atoms with van der Waals surface area (Å²) in [5, 5.41) is 12.1. The summed E-state index contributed by atoms with van der Waals surface area (Å²) in [4.78, 5) is 25.5. The van der Waals surface area contributed by atoms with Gasteiger partial charge in [0, 0.05) is 0 Å². The van der Waals surface area contributed by atoms with E-state index in [0.717, 1.165) is 27.3 Å². The predicted molar refractivity (Wildman–Crippen MR) is 122 cm³/mol. The first-order valence-corrected chi connectivity index (χ1v) is 10.8. The zero-order chi connectivity index (χ0) is 23.0. The Hall–Kier alpha value is -3.84. The van der Waals surface area contributed by atoms with Crippen LogP contribution in [0.4, 0.5) is 9.59 Å². The molecule has 33 heavy (non-hydrogen) atoms. The summed E-state index contributed by atoms with van der Waals surface area (Å²) in [6, 6.07) is 25.3. The topological polar surface area (TPSA) is 88.1 Å². The van der Waals surface area contributed by atoms with Gasteiger partial charge in [0.25, 0.3) is 0 Å². The molecule has 0 radical (unpaired) electrons. The Bertz CT molecular complexity index is 1070. The molecule has 0 saturated carbocycles. The van der Waals surface area contributed by atoms with Gasteiger partial charge in [0.15, 0.2) is 0 Å². The Kier molecular flexibility index (Phi) is 7.22. The predicted octanol–water partition coefficient (Wildman–Crippen LogP) is 4.52. The highest BCUT2D eigenvalue weighted by molar-refractivity contribution is 5.74. The van der Waals surface area contributed by atoms with E-state index in [4.69, 9.17) is 9.47 Å². The second-order valence-corrected chi connectivity index (χ2v) is 7.83. The molecule has 0 bridgehead atoms. The highest BCUT2D eigenvalue weighted by Gasteiger charge is 2.37. The number of carbonyl (C=O) groups excluding carboxylic acids is 2. The lowest BCUT2D eigenvalue weighted by molar-refractivity contribution is -0.00330. The smallest absolute Gasteiger partial charge is 0.429 e. The van der Waals surface area contributed by atoms with Crippen LogP contribution >= 0.6 is 0 Å². The van der Waals surface area contributed by atoms with Gasteiger partial charge < -0.3 is 14.6 Å². The molecule has 3 aromatic rings. The molecule has 0 heterocycles. The van der Waals surface area contributed by atoms with Crippen LogP contribution < -0.4 is 5.43 Å². The first-order valence-electron chi connectivity index (χ1n) is 10.8. The summed E-state index contributed by atoms with van der Waals surface area (Å²) in [7, 11) is 0. The lowest BCUT2D eigenvalue weighted by Gasteiger charge is -2.37. The molecule has 4 rings (SSSR count). The summed E-state index contributed by atoms with van der Waals surface area (Å²) < 4.78 is 10.7. The van der Waals surface area contributed by atoms with Gasteiger partial charge in [0.1, 0.15) is 19.3 Å².